The van der Waals surface area contributed by atoms with Crippen LogP contribution in [0.25, 0.3) is 0 Å². The lowest BCUT2D eigenvalue weighted by atomic mass is 10.3. The van der Waals surface area contributed by atoms with Crippen LogP contribution in [-0.2, 0) is 4.79 Å². The van der Waals surface area contributed by atoms with E-state index in [-0.39, 0.29) is 17.3 Å². The van der Waals surface area contributed by atoms with Crippen LogP contribution in [0, 0.1) is 5.82 Å². The number of benzene rings is 2. The average molecular weight is 311 g/mol. The predicted octanol–water partition coefficient (Wildman–Crippen LogP) is 3.79. The van der Waals surface area contributed by atoms with Gasteiger partial charge in [0.1, 0.15) is 5.82 Å². The van der Waals surface area contributed by atoms with Crippen molar-refractivity contribution in [3.63, 3.8) is 0 Å². The largest absolute Gasteiger partial charge is 0.399 e. The van der Waals surface area contributed by atoms with Crippen LogP contribution >= 0.6 is 23.4 Å². The first-order valence-corrected chi connectivity index (χ1v) is 7.15. The fraction of sp³-hybridized carbons (Fsp3) is 0.0714. The third kappa shape index (κ3) is 3.88. The molecule has 2 aromatic rings. The fourth-order valence-electron chi connectivity index (χ4n) is 1.53. The van der Waals surface area contributed by atoms with Crippen LogP contribution in [0.1, 0.15) is 0 Å². The summed E-state index contributed by atoms with van der Waals surface area (Å²) in [6, 6.07) is 11.1. The van der Waals surface area contributed by atoms with E-state index in [0.29, 0.717) is 10.7 Å². The molecule has 0 radical (unpaired) electrons. The second-order valence-electron chi connectivity index (χ2n) is 4.01. The number of halogens is 2. The number of hydrogen-bond acceptors (Lipinski definition) is 3. The molecule has 0 aliphatic carbocycles. The molecule has 0 atom stereocenters. The lowest BCUT2D eigenvalue weighted by Gasteiger charge is -2.07. The normalized spacial score (nSPS) is 10.3. The highest BCUT2D eigenvalue weighted by Gasteiger charge is 2.08. The number of para-hydroxylation sites is 1. The summed E-state index contributed by atoms with van der Waals surface area (Å²) >= 11 is 7.27. The third-order valence-corrected chi connectivity index (χ3v) is 3.96. The molecular weight excluding hydrogens is 299 g/mol. The van der Waals surface area contributed by atoms with Crippen molar-refractivity contribution in [1.29, 1.82) is 0 Å². The zero-order valence-electron chi connectivity index (χ0n) is 10.4. The van der Waals surface area contributed by atoms with Gasteiger partial charge >= 0.3 is 0 Å². The molecule has 1 amide bonds. The number of amides is 1. The van der Waals surface area contributed by atoms with Crippen LogP contribution in [0.2, 0.25) is 5.02 Å². The Morgan fingerprint density at radius 3 is 2.75 bits per heavy atom. The number of hydrogen-bond donors (Lipinski definition) is 2. The molecule has 0 aromatic heterocycles. The minimum atomic E-state index is -0.462. The molecule has 0 spiro atoms. The van der Waals surface area contributed by atoms with Crippen LogP contribution in [0.15, 0.2) is 47.4 Å². The standard InChI is InChI=1S/C14H12ClFN2OS/c15-10-7-9(17)5-6-13(10)20-8-14(19)18-12-4-2-1-3-11(12)16/h1-7H,8,17H2,(H,18,19). The van der Waals surface area contributed by atoms with E-state index < -0.39 is 5.82 Å². The minimum absolute atomic E-state index is 0.137. The quantitative estimate of drug-likeness (QED) is 0.667. The molecule has 6 heteroatoms. The van der Waals surface area contributed by atoms with Gasteiger partial charge in [0, 0.05) is 10.6 Å². The highest BCUT2D eigenvalue weighted by molar-refractivity contribution is 8.00. The summed E-state index contributed by atoms with van der Waals surface area (Å²) in [6.07, 6.45) is 0. The smallest absolute Gasteiger partial charge is 0.234 e. The van der Waals surface area contributed by atoms with Crippen LogP contribution in [0.3, 0.4) is 0 Å². The molecule has 3 nitrogen and oxygen atoms in total. The summed E-state index contributed by atoms with van der Waals surface area (Å²) in [7, 11) is 0. The number of nitrogens with one attached hydrogen (secondary N) is 1. The van der Waals surface area contributed by atoms with Crippen molar-refractivity contribution in [3.05, 3.63) is 53.3 Å². The van der Waals surface area contributed by atoms with Crippen LogP contribution in [0.5, 0.6) is 0 Å². The number of thioether (sulfide) groups is 1. The molecule has 0 bridgehead atoms. The van der Waals surface area contributed by atoms with E-state index in [1.54, 1.807) is 30.3 Å². The van der Waals surface area contributed by atoms with E-state index in [1.807, 2.05) is 0 Å². The van der Waals surface area contributed by atoms with Gasteiger partial charge in [-0.3, -0.25) is 4.79 Å². The number of nitrogen functional groups attached to an aromatic ring is 1. The Balaban J connectivity index is 1.94. The van der Waals surface area contributed by atoms with Crippen molar-refractivity contribution in [2.24, 2.45) is 0 Å². The van der Waals surface area contributed by atoms with E-state index in [1.165, 1.54) is 23.9 Å². The zero-order chi connectivity index (χ0) is 14.5. The molecular formula is C14H12ClFN2OS. The van der Waals surface area contributed by atoms with Gasteiger partial charge in [0.2, 0.25) is 5.91 Å². The first-order chi connectivity index (χ1) is 9.56. The summed E-state index contributed by atoms with van der Waals surface area (Å²) in [5, 5.41) is 3.00. The average Bonchev–Trinajstić information content (AvgIpc) is 2.40. The van der Waals surface area contributed by atoms with E-state index in [0.717, 1.165) is 4.90 Å². The maximum Gasteiger partial charge on any atom is 0.234 e. The molecule has 2 aromatic carbocycles. The van der Waals surface area contributed by atoms with Crippen molar-refractivity contribution in [1.82, 2.24) is 0 Å². The molecule has 20 heavy (non-hydrogen) atoms. The zero-order valence-corrected chi connectivity index (χ0v) is 12.0. The first kappa shape index (κ1) is 14.7. The van der Waals surface area contributed by atoms with Gasteiger partial charge in [-0.1, -0.05) is 23.7 Å². The lowest BCUT2D eigenvalue weighted by Crippen LogP contribution is -2.14. The van der Waals surface area contributed by atoms with Crippen LogP contribution in [0.4, 0.5) is 15.8 Å². The van der Waals surface area contributed by atoms with Gasteiger partial charge in [-0.2, -0.15) is 0 Å². The number of anilines is 2. The second-order valence-corrected chi connectivity index (χ2v) is 5.43. The highest BCUT2D eigenvalue weighted by Crippen LogP contribution is 2.28. The van der Waals surface area contributed by atoms with Gasteiger partial charge < -0.3 is 11.1 Å². The van der Waals surface area contributed by atoms with Crippen molar-refractivity contribution in [2.45, 2.75) is 4.90 Å². The second kappa shape index (κ2) is 6.63. The monoisotopic (exact) mass is 310 g/mol. The maximum atomic E-state index is 13.4. The van der Waals surface area contributed by atoms with Crippen molar-refractivity contribution in [3.8, 4) is 0 Å². The molecule has 0 aliphatic rings. The first-order valence-electron chi connectivity index (χ1n) is 5.78. The molecule has 2 rings (SSSR count). The lowest BCUT2D eigenvalue weighted by molar-refractivity contribution is -0.113. The Morgan fingerprint density at radius 2 is 2.05 bits per heavy atom. The Morgan fingerprint density at radius 1 is 1.30 bits per heavy atom. The van der Waals surface area contributed by atoms with Crippen molar-refractivity contribution in [2.75, 3.05) is 16.8 Å². The Labute approximate surface area is 125 Å². The summed E-state index contributed by atoms with van der Waals surface area (Å²) in [6.45, 7) is 0. The summed E-state index contributed by atoms with van der Waals surface area (Å²) in [5.41, 5.74) is 6.32. The molecule has 3 N–H and O–H groups in total. The Hall–Kier alpha value is -1.72. The van der Waals surface area contributed by atoms with E-state index in [9.17, 15) is 9.18 Å². The fourth-order valence-corrected chi connectivity index (χ4v) is 2.60. The molecule has 0 saturated heterocycles. The molecule has 0 saturated carbocycles. The van der Waals surface area contributed by atoms with Crippen molar-refractivity contribution >= 4 is 40.6 Å². The van der Waals surface area contributed by atoms with Gasteiger partial charge in [0.15, 0.2) is 0 Å². The topological polar surface area (TPSA) is 55.1 Å². The summed E-state index contributed by atoms with van der Waals surface area (Å²) in [5.74, 6) is -0.623. The van der Waals surface area contributed by atoms with Gasteiger partial charge in [0.05, 0.1) is 16.5 Å². The minimum Gasteiger partial charge on any atom is -0.399 e. The van der Waals surface area contributed by atoms with Gasteiger partial charge in [0.25, 0.3) is 0 Å². The SMILES string of the molecule is Nc1ccc(SCC(=O)Nc2ccccc2F)c(Cl)c1. The number of carbonyl (C=O) groups excluding carboxylic acids is 1. The molecule has 104 valence electrons. The predicted molar refractivity (Wildman–Crippen MR) is 81.6 cm³/mol. The summed E-state index contributed by atoms with van der Waals surface area (Å²) < 4.78 is 13.4. The third-order valence-electron chi connectivity index (χ3n) is 2.46. The van der Waals surface area contributed by atoms with Gasteiger partial charge in [-0.05, 0) is 30.3 Å². The maximum absolute atomic E-state index is 13.4. The van der Waals surface area contributed by atoms with Gasteiger partial charge in [-0.25, -0.2) is 4.39 Å². The molecule has 0 heterocycles. The highest BCUT2D eigenvalue weighted by atomic mass is 35.5. The van der Waals surface area contributed by atoms with Crippen molar-refractivity contribution < 1.29 is 9.18 Å². The van der Waals surface area contributed by atoms with E-state index in [2.05, 4.69) is 5.32 Å². The van der Waals surface area contributed by atoms with E-state index >= 15 is 0 Å². The van der Waals surface area contributed by atoms with Crippen LogP contribution in [-0.4, -0.2) is 11.7 Å². The Kier molecular flexibility index (Phi) is 4.87. The van der Waals surface area contributed by atoms with E-state index in [4.69, 9.17) is 17.3 Å². The molecule has 0 aliphatic heterocycles. The number of rotatable bonds is 4. The van der Waals surface area contributed by atoms with Gasteiger partial charge in [-0.15, -0.1) is 11.8 Å². The summed E-state index contributed by atoms with van der Waals surface area (Å²) in [4.78, 5) is 12.5. The number of carbonyl (C=O) groups is 1. The van der Waals surface area contributed by atoms with Crippen LogP contribution < -0.4 is 11.1 Å². The molecule has 0 fully saturated rings. The molecule has 0 unspecified atom stereocenters. The Bertz CT molecular complexity index is 636. The number of nitrogens with two attached hydrogens (primary N) is 1.